The first-order chi connectivity index (χ1) is 10.7. The minimum Gasteiger partial charge on any atom is -0.488 e. The molecule has 0 amide bonds. The summed E-state index contributed by atoms with van der Waals surface area (Å²) in [7, 11) is 1.37. The Morgan fingerprint density at radius 2 is 2.09 bits per heavy atom. The average molecular weight is 315 g/mol. The van der Waals surface area contributed by atoms with Crippen molar-refractivity contribution in [2.75, 3.05) is 13.0 Å². The van der Waals surface area contributed by atoms with Gasteiger partial charge in [-0.3, -0.25) is 0 Å². The fraction of sp³-hybridized carbons (Fsp3) is 0.167. The lowest BCUT2D eigenvalue weighted by Gasteiger charge is -2.11. The van der Waals surface area contributed by atoms with Crippen molar-refractivity contribution >= 4 is 23.1 Å². The van der Waals surface area contributed by atoms with Crippen molar-refractivity contribution in [1.29, 1.82) is 0 Å². The fourth-order valence-corrected chi connectivity index (χ4v) is 2.77. The summed E-state index contributed by atoms with van der Waals surface area (Å²) in [5, 5.41) is 0. The average Bonchev–Trinajstić information content (AvgIpc) is 2.72. The number of fused-ring (bicyclic) bond motifs is 2. The highest BCUT2D eigenvalue weighted by atomic mass is 35.5. The first kappa shape index (κ1) is 14.7. The summed E-state index contributed by atoms with van der Waals surface area (Å²) in [6.45, 7) is 0.486. The third-order valence-electron chi connectivity index (χ3n) is 3.66. The van der Waals surface area contributed by atoms with Gasteiger partial charge in [-0.05, 0) is 34.9 Å². The standard InChI is InChI=1S/C18H15ClO3/c1-21-18(20)12-6-7-17-16(10-12)15(8-9-19)14-5-3-2-4-13(14)11-22-17/h2-8,10H,9,11H2,1H3. The number of alkyl halides is 1. The van der Waals surface area contributed by atoms with Gasteiger partial charge in [0, 0.05) is 11.4 Å². The van der Waals surface area contributed by atoms with Gasteiger partial charge < -0.3 is 9.47 Å². The number of carbonyl (C=O) groups excluding carboxylic acids is 1. The molecule has 0 radical (unpaired) electrons. The summed E-state index contributed by atoms with van der Waals surface area (Å²) in [4.78, 5) is 11.8. The molecule has 0 spiro atoms. The van der Waals surface area contributed by atoms with E-state index in [1.807, 2.05) is 30.3 Å². The van der Waals surface area contributed by atoms with Crippen LogP contribution in [0.15, 0.2) is 48.5 Å². The second-order valence-corrected chi connectivity index (χ2v) is 5.23. The van der Waals surface area contributed by atoms with Crippen LogP contribution in [0, 0.1) is 0 Å². The molecule has 1 aliphatic rings. The van der Waals surface area contributed by atoms with Gasteiger partial charge in [-0.15, -0.1) is 11.6 Å². The minimum absolute atomic E-state index is 0.370. The highest BCUT2D eigenvalue weighted by molar-refractivity contribution is 6.19. The number of allylic oxidation sites excluding steroid dienone is 1. The molecule has 1 aliphatic heterocycles. The molecule has 22 heavy (non-hydrogen) atoms. The van der Waals surface area contributed by atoms with E-state index in [0.717, 1.165) is 28.0 Å². The van der Waals surface area contributed by atoms with Crippen LogP contribution in [0.25, 0.3) is 5.57 Å². The number of carbonyl (C=O) groups is 1. The maximum absolute atomic E-state index is 11.8. The van der Waals surface area contributed by atoms with Gasteiger partial charge in [0.2, 0.25) is 0 Å². The van der Waals surface area contributed by atoms with Gasteiger partial charge in [0.15, 0.2) is 0 Å². The first-order valence-corrected chi connectivity index (χ1v) is 7.48. The number of rotatable bonds is 2. The summed E-state index contributed by atoms with van der Waals surface area (Å²) in [5.41, 5.74) is 4.49. The van der Waals surface area contributed by atoms with E-state index in [1.54, 1.807) is 18.2 Å². The molecule has 1 heterocycles. The van der Waals surface area contributed by atoms with Gasteiger partial charge in [0.05, 0.1) is 12.7 Å². The van der Waals surface area contributed by atoms with E-state index in [9.17, 15) is 4.79 Å². The molecule has 0 saturated carbocycles. The zero-order valence-electron chi connectivity index (χ0n) is 12.1. The Morgan fingerprint density at radius 3 is 2.86 bits per heavy atom. The third-order valence-corrected chi connectivity index (χ3v) is 3.82. The monoisotopic (exact) mass is 314 g/mol. The van der Waals surface area contributed by atoms with Gasteiger partial charge in [-0.2, -0.15) is 0 Å². The van der Waals surface area contributed by atoms with Gasteiger partial charge >= 0.3 is 5.97 Å². The summed E-state index contributed by atoms with van der Waals surface area (Å²) < 4.78 is 10.7. The van der Waals surface area contributed by atoms with E-state index in [0.29, 0.717) is 18.1 Å². The molecule has 0 saturated heterocycles. The molecular formula is C18H15ClO3. The van der Waals surface area contributed by atoms with Crippen molar-refractivity contribution in [2.24, 2.45) is 0 Å². The maximum atomic E-state index is 11.8. The zero-order chi connectivity index (χ0) is 15.5. The van der Waals surface area contributed by atoms with Gasteiger partial charge in [-0.1, -0.05) is 30.3 Å². The van der Waals surface area contributed by atoms with Crippen molar-refractivity contribution in [3.63, 3.8) is 0 Å². The van der Waals surface area contributed by atoms with Gasteiger partial charge in [-0.25, -0.2) is 4.79 Å². The second kappa shape index (κ2) is 6.24. The normalized spacial score (nSPS) is 14.5. The van der Waals surface area contributed by atoms with E-state index in [-0.39, 0.29) is 5.97 Å². The molecule has 0 fully saturated rings. The van der Waals surface area contributed by atoms with Crippen LogP contribution in [0.2, 0.25) is 0 Å². The number of halogens is 1. The number of benzene rings is 2. The predicted octanol–water partition coefficient (Wildman–Crippen LogP) is 4.04. The number of ether oxygens (including phenoxy) is 2. The topological polar surface area (TPSA) is 35.5 Å². The molecule has 4 heteroatoms. The molecule has 3 rings (SSSR count). The van der Waals surface area contributed by atoms with E-state index in [2.05, 4.69) is 0 Å². The Morgan fingerprint density at radius 1 is 1.27 bits per heavy atom. The van der Waals surface area contributed by atoms with Crippen molar-refractivity contribution in [3.05, 3.63) is 70.8 Å². The summed E-state index contributed by atoms with van der Waals surface area (Å²) >= 11 is 5.94. The molecule has 0 N–H and O–H groups in total. The van der Waals surface area contributed by atoms with Crippen molar-refractivity contribution in [2.45, 2.75) is 6.61 Å². The van der Waals surface area contributed by atoms with Crippen molar-refractivity contribution in [1.82, 2.24) is 0 Å². The number of esters is 1. The zero-order valence-corrected chi connectivity index (χ0v) is 12.9. The Kier molecular flexibility index (Phi) is 4.16. The van der Waals surface area contributed by atoms with Crippen LogP contribution in [-0.4, -0.2) is 19.0 Å². The lowest BCUT2D eigenvalue weighted by atomic mass is 9.93. The summed E-state index contributed by atoms with van der Waals surface area (Å²) in [5.74, 6) is 0.747. The smallest absolute Gasteiger partial charge is 0.337 e. The SMILES string of the molecule is COC(=O)c1ccc2c(c1)C(=CCCl)c1ccccc1CO2. The fourth-order valence-electron chi connectivity index (χ4n) is 2.62. The van der Waals surface area contributed by atoms with E-state index in [1.165, 1.54) is 7.11 Å². The van der Waals surface area contributed by atoms with Gasteiger partial charge in [0.1, 0.15) is 12.4 Å². The van der Waals surface area contributed by atoms with Crippen LogP contribution in [0.5, 0.6) is 5.75 Å². The quantitative estimate of drug-likeness (QED) is 0.620. The predicted molar refractivity (Wildman–Crippen MR) is 86.4 cm³/mol. The van der Waals surface area contributed by atoms with E-state index in [4.69, 9.17) is 21.1 Å². The van der Waals surface area contributed by atoms with Gasteiger partial charge in [0.25, 0.3) is 0 Å². The molecule has 0 atom stereocenters. The lowest BCUT2D eigenvalue weighted by Crippen LogP contribution is -2.02. The van der Waals surface area contributed by atoms with E-state index >= 15 is 0 Å². The van der Waals surface area contributed by atoms with Crippen LogP contribution in [-0.2, 0) is 11.3 Å². The molecule has 0 aliphatic carbocycles. The van der Waals surface area contributed by atoms with Crippen LogP contribution in [0.3, 0.4) is 0 Å². The molecular weight excluding hydrogens is 300 g/mol. The Labute approximate surface area is 134 Å². The largest absolute Gasteiger partial charge is 0.488 e. The molecule has 0 aromatic heterocycles. The first-order valence-electron chi connectivity index (χ1n) is 6.94. The molecule has 0 bridgehead atoms. The van der Waals surface area contributed by atoms with Crippen LogP contribution < -0.4 is 4.74 Å². The second-order valence-electron chi connectivity index (χ2n) is 4.92. The van der Waals surface area contributed by atoms with Crippen LogP contribution in [0.1, 0.15) is 27.0 Å². The van der Waals surface area contributed by atoms with E-state index < -0.39 is 0 Å². The molecule has 112 valence electrons. The Hall–Kier alpha value is -2.26. The van der Waals surface area contributed by atoms with Crippen LogP contribution >= 0.6 is 11.6 Å². The Bertz CT molecular complexity index is 750. The van der Waals surface area contributed by atoms with Crippen LogP contribution in [0.4, 0.5) is 0 Å². The minimum atomic E-state index is -0.370. The summed E-state index contributed by atoms with van der Waals surface area (Å²) in [6.07, 6.45) is 1.94. The maximum Gasteiger partial charge on any atom is 0.337 e. The van der Waals surface area contributed by atoms with Crippen molar-refractivity contribution in [3.8, 4) is 5.75 Å². The molecule has 3 nitrogen and oxygen atoms in total. The number of methoxy groups -OCH3 is 1. The molecule has 2 aromatic carbocycles. The molecule has 0 unspecified atom stereocenters. The highest BCUT2D eigenvalue weighted by Gasteiger charge is 2.20. The number of hydrogen-bond acceptors (Lipinski definition) is 3. The lowest BCUT2D eigenvalue weighted by molar-refractivity contribution is 0.0600. The number of hydrogen-bond donors (Lipinski definition) is 0. The Balaban J connectivity index is 2.20. The summed E-state index contributed by atoms with van der Waals surface area (Å²) in [6, 6.07) is 13.3. The van der Waals surface area contributed by atoms with Crippen molar-refractivity contribution < 1.29 is 14.3 Å². The highest BCUT2D eigenvalue weighted by Crippen LogP contribution is 2.37. The third kappa shape index (κ3) is 2.60. The molecule has 2 aromatic rings.